The van der Waals surface area contributed by atoms with Crippen LogP contribution in [0.25, 0.3) is 0 Å². The van der Waals surface area contributed by atoms with Crippen molar-refractivity contribution >= 4 is 10.8 Å². The molecule has 15 heavy (non-hydrogen) atoms. The van der Waals surface area contributed by atoms with Crippen molar-refractivity contribution < 1.29 is 13.7 Å². The van der Waals surface area contributed by atoms with E-state index in [1.54, 1.807) is 12.1 Å². The Kier molecular flexibility index (Phi) is 4.87. The van der Waals surface area contributed by atoms with Crippen molar-refractivity contribution in [1.82, 2.24) is 0 Å². The summed E-state index contributed by atoms with van der Waals surface area (Å²) in [4.78, 5) is 0.172. The van der Waals surface area contributed by atoms with E-state index in [-0.39, 0.29) is 23.3 Å². The van der Waals surface area contributed by atoms with Gasteiger partial charge in [-0.25, -0.2) is 4.39 Å². The fraction of sp³-hybridized carbons (Fsp3) is 0.400. The lowest BCUT2D eigenvalue weighted by Crippen LogP contribution is -2.28. The molecule has 0 radical (unpaired) electrons. The Morgan fingerprint density at radius 2 is 2.13 bits per heavy atom. The number of hydrogen-bond donors (Lipinski definition) is 2. The van der Waals surface area contributed by atoms with Crippen molar-refractivity contribution in [3.05, 3.63) is 30.1 Å². The van der Waals surface area contributed by atoms with Gasteiger partial charge in [-0.3, -0.25) is 4.21 Å². The van der Waals surface area contributed by atoms with Gasteiger partial charge >= 0.3 is 0 Å². The number of aliphatic hydroxyl groups excluding tert-OH is 1. The molecule has 5 heteroatoms. The zero-order valence-electron chi connectivity index (χ0n) is 8.23. The average molecular weight is 231 g/mol. The first-order chi connectivity index (χ1) is 7.15. The maximum atomic E-state index is 13.2. The monoisotopic (exact) mass is 231 g/mol. The summed E-state index contributed by atoms with van der Waals surface area (Å²) in [7, 11) is -1.44. The molecule has 0 aromatic heterocycles. The normalized spacial score (nSPS) is 14.9. The van der Waals surface area contributed by atoms with Crippen LogP contribution in [0.1, 0.15) is 6.42 Å². The molecule has 1 rings (SSSR count). The van der Waals surface area contributed by atoms with E-state index in [4.69, 9.17) is 10.8 Å². The summed E-state index contributed by atoms with van der Waals surface area (Å²) in [5.41, 5.74) is 5.60. The highest BCUT2D eigenvalue weighted by molar-refractivity contribution is 7.85. The molecule has 0 saturated heterocycles. The van der Waals surface area contributed by atoms with E-state index in [0.717, 1.165) is 0 Å². The molecule has 0 aliphatic carbocycles. The molecule has 0 heterocycles. The first kappa shape index (κ1) is 12.3. The third kappa shape index (κ3) is 3.70. The Balaban J connectivity index is 2.65. The van der Waals surface area contributed by atoms with Gasteiger partial charge in [-0.2, -0.15) is 0 Å². The minimum Gasteiger partial charge on any atom is -0.396 e. The lowest BCUT2D eigenvalue weighted by molar-refractivity contribution is 0.279. The lowest BCUT2D eigenvalue weighted by atomic mass is 10.3. The quantitative estimate of drug-likeness (QED) is 0.781. The number of benzene rings is 1. The Labute approximate surface area is 90.6 Å². The topological polar surface area (TPSA) is 63.3 Å². The summed E-state index contributed by atoms with van der Waals surface area (Å²) in [6.45, 7) is -0.0460. The fourth-order valence-corrected chi connectivity index (χ4v) is 2.41. The van der Waals surface area contributed by atoms with Crippen molar-refractivity contribution in [2.45, 2.75) is 17.4 Å². The zero-order chi connectivity index (χ0) is 11.3. The van der Waals surface area contributed by atoms with Gasteiger partial charge in [0.2, 0.25) is 0 Å². The van der Waals surface area contributed by atoms with Crippen LogP contribution in [0, 0.1) is 5.82 Å². The molecule has 0 fully saturated rings. The largest absolute Gasteiger partial charge is 0.396 e. The Hall–Kier alpha value is -0.780. The highest BCUT2D eigenvalue weighted by atomic mass is 32.2. The van der Waals surface area contributed by atoms with Crippen LogP contribution in [-0.2, 0) is 10.8 Å². The molecule has 3 nitrogen and oxygen atoms in total. The van der Waals surface area contributed by atoms with Gasteiger partial charge in [0.15, 0.2) is 0 Å². The number of hydrogen-bond acceptors (Lipinski definition) is 3. The smallest absolute Gasteiger partial charge is 0.139 e. The van der Waals surface area contributed by atoms with Gasteiger partial charge in [-0.05, 0) is 18.6 Å². The van der Waals surface area contributed by atoms with Crippen molar-refractivity contribution in [3.8, 4) is 0 Å². The molecule has 84 valence electrons. The summed E-state index contributed by atoms with van der Waals surface area (Å²) in [5.74, 6) is -0.311. The summed E-state index contributed by atoms with van der Waals surface area (Å²) in [6, 6.07) is 5.56. The molecule has 0 aliphatic rings. The summed E-state index contributed by atoms with van der Waals surface area (Å²) in [6.07, 6.45) is 0.375. The molecule has 0 saturated carbocycles. The number of aliphatic hydroxyl groups is 1. The fourth-order valence-electron chi connectivity index (χ4n) is 1.16. The Bertz CT molecular complexity index is 346. The molecule has 0 bridgehead atoms. The summed E-state index contributed by atoms with van der Waals surface area (Å²) >= 11 is 0. The minimum atomic E-state index is -1.44. The average Bonchev–Trinajstić information content (AvgIpc) is 2.18. The van der Waals surface area contributed by atoms with Crippen LogP contribution in [0.5, 0.6) is 0 Å². The van der Waals surface area contributed by atoms with Gasteiger partial charge in [0.05, 0.1) is 15.7 Å². The van der Waals surface area contributed by atoms with Gasteiger partial charge in [-0.15, -0.1) is 0 Å². The first-order valence-corrected chi connectivity index (χ1v) is 5.96. The Morgan fingerprint density at radius 1 is 1.47 bits per heavy atom. The van der Waals surface area contributed by atoms with E-state index in [1.165, 1.54) is 12.1 Å². The highest BCUT2D eigenvalue weighted by Crippen LogP contribution is 2.12. The van der Waals surface area contributed by atoms with E-state index in [9.17, 15) is 8.60 Å². The minimum absolute atomic E-state index is 0.0460. The van der Waals surface area contributed by atoms with E-state index in [1.807, 2.05) is 0 Å². The SMILES string of the molecule is NC(CCO)CS(=O)c1ccccc1F. The molecule has 0 spiro atoms. The predicted molar refractivity (Wildman–Crippen MR) is 57.4 cm³/mol. The van der Waals surface area contributed by atoms with Gasteiger partial charge in [0.1, 0.15) is 5.82 Å². The predicted octanol–water partition coefficient (Wildman–Crippen LogP) is 0.643. The second-order valence-electron chi connectivity index (χ2n) is 3.21. The van der Waals surface area contributed by atoms with Crippen LogP contribution in [0.4, 0.5) is 4.39 Å². The van der Waals surface area contributed by atoms with Crippen LogP contribution in [0.15, 0.2) is 29.2 Å². The van der Waals surface area contributed by atoms with E-state index < -0.39 is 16.6 Å². The first-order valence-electron chi connectivity index (χ1n) is 4.64. The van der Waals surface area contributed by atoms with Crippen LogP contribution < -0.4 is 5.73 Å². The number of nitrogens with two attached hydrogens (primary N) is 1. The number of halogens is 1. The zero-order valence-corrected chi connectivity index (χ0v) is 9.04. The second-order valence-corrected chi connectivity index (χ2v) is 4.68. The maximum Gasteiger partial charge on any atom is 0.139 e. The van der Waals surface area contributed by atoms with Crippen LogP contribution in [-0.4, -0.2) is 27.7 Å². The highest BCUT2D eigenvalue weighted by Gasteiger charge is 2.12. The van der Waals surface area contributed by atoms with Crippen molar-refractivity contribution in [3.63, 3.8) is 0 Å². The molecule has 0 aliphatic heterocycles. The standard InChI is InChI=1S/C10H14FNO2S/c11-9-3-1-2-4-10(9)15(14)7-8(12)5-6-13/h1-4,8,13H,5-7,12H2. The molecule has 1 aromatic carbocycles. The third-order valence-electron chi connectivity index (χ3n) is 1.95. The second kappa shape index (κ2) is 5.95. The molecule has 0 amide bonds. The van der Waals surface area contributed by atoms with Crippen LogP contribution >= 0.6 is 0 Å². The molecular formula is C10H14FNO2S. The van der Waals surface area contributed by atoms with Crippen molar-refractivity contribution in [2.24, 2.45) is 5.73 Å². The molecule has 1 aromatic rings. The number of rotatable bonds is 5. The summed E-state index contributed by atoms with van der Waals surface area (Å²) in [5, 5.41) is 8.62. The van der Waals surface area contributed by atoms with Crippen LogP contribution in [0.2, 0.25) is 0 Å². The summed E-state index contributed by atoms with van der Waals surface area (Å²) < 4.78 is 24.9. The van der Waals surface area contributed by atoms with Crippen LogP contribution in [0.3, 0.4) is 0 Å². The Morgan fingerprint density at radius 3 is 2.73 bits per heavy atom. The molecule has 2 unspecified atom stereocenters. The van der Waals surface area contributed by atoms with Gasteiger partial charge in [-0.1, -0.05) is 12.1 Å². The van der Waals surface area contributed by atoms with Gasteiger partial charge < -0.3 is 10.8 Å². The van der Waals surface area contributed by atoms with E-state index in [2.05, 4.69) is 0 Å². The van der Waals surface area contributed by atoms with Gasteiger partial charge in [0.25, 0.3) is 0 Å². The van der Waals surface area contributed by atoms with E-state index in [0.29, 0.717) is 6.42 Å². The van der Waals surface area contributed by atoms with E-state index >= 15 is 0 Å². The molecular weight excluding hydrogens is 217 g/mol. The third-order valence-corrected chi connectivity index (χ3v) is 3.50. The lowest BCUT2D eigenvalue weighted by Gasteiger charge is -2.09. The maximum absolute atomic E-state index is 13.2. The van der Waals surface area contributed by atoms with Gasteiger partial charge in [0, 0.05) is 18.4 Å². The molecule has 2 atom stereocenters. The molecule has 3 N–H and O–H groups in total. The van der Waals surface area contributed by atoms with Crippen molar-refractivity contribution in [2.75, 3.05) is 12.4 Å². The van der Waals surface area contributed by atoms with Crippen molar-refractivity contribution in [1.29, 1.82) is 0 Å².